The topological polar surface area (TPSA) is 47.6 Å². The van der Waals surface area contributed by atoms with Crippen LogP contribution in [-0.4, -0.2) is 13.0 Å². The Kier molecular flexibility index (Phi) is 6.37. The molecule has 3 aromatic rings. The normalized spacial score (nSPS) is 11.6. The predicted molar refractivity (Wildman–Crippen MR) is 114 cm³/mol. The number of hydrogen-bond acceptors (Lipinski definition) is 3. The lowest BCUT2D eigenvalue weighted by Crippen LogP contribution is -2.27. The van der Waals surface area contributed by atoms with Crippen molar-refractivity contribution in [3.8, 4) is 17.2 Å². The van der Waals surface area contributed by atoms with Crippen molar-refractivity contribution in [2.75, 3.05) is 7.11 Å². The molecule has 0 saturated carbocycles. The molecule has 144 valence electrons. The Hall–Kier alpha value is -2.79. The van der Waals surface area contributed by atoms with E-state index in [9.17, 15) is 4.79 Å². The van der Waals surface area contributed by atoms with Gasteiger partial charge in [-0.05, 0) is 61.4 Å². The molecule has 0 fully saturated rings. The van der Waals surface area contributed by atoms with E-state index in [1.165, 1.54) is 0 Å². The van der Waals surface area contributed by atoms with E-state index < -0.39 is 0 Å². The van der Waals surface area contributed by atoms with Crippen molar-refractivity contribution in [1.82, 2.24) is 5.32 Å². The summed E-state index contributed by atoms with van der Waals surface area (Å²) in [5, 5.41) is 3.04. The van der Waals surface area contributed by atoms with Crippen LogP contribution >= 0.6 is 15.9 Å². The van der Waals surface area contributed by atoms with Crippen LogP contribution in [-0.2, 0) is 0 Å². The first-order valence-corrected chi connectivity index (χ1v) is 9.75. The van der Waals surface area contributed by atoms with Crippen LogP contribution in [0.2, 0.25) is 0 Å². The molecule has 0 spiro atoms. The van der Waals surface area contributed by atoms with E-state index in [2.05, 4.69) is 21.2 Å². The third-order valence-corrected chi connectivity index (χ3v) is 5.37. The number of rotatable bonds is 6. The molecule has 0 bridgehead atoms. The molecule has 4 nitrogen and oxygen atoms in total. The summed E-state index contributed by atoms with van der Waals surface area (Å²) in [6, 6.07) is 20.8. The SMILES string of the molecule is COc1ccc(Br)c(C)c1C(=O)NC(C)c1ccc(Oc2ccccc2)cc1. The number of halogens is 1. The maximum atomic E-state index is 12.9. The van der Waals surface area contributed by atoms with Crippen molar-refractivity contribution in [2.24, 2.45) is 0 Å². The van der Waals surface area contributed by atoms with Gasteiger partial charge in [-0.15, -0.1) is 0 Å². The fraction of sp³-hybridized carbons (Fsp3) is 0.174. The molecule has 0 saturated heterocycles. The lowest BCUT2D eigenvalue weighted by molar-refractivity contribution is 0.0936. The summed E-state index contributed by atoms with van der Waals surface area (Å²) in [4.78, 5) is 12.9. The van der Waals surface area contributed by atoms with Crippen molar-refractivity contribution >= 4 is 21.8 Å². The second-order valence-corrected chi connectivity index (χ2v) is 7.28. The highest BCUT2D eigenvalue weighted by molar-refractivity contribution is 9.10. The number of ether oxygens (including phenoxy) is 2. The zero-order chi connectivity index (χ0) is 20.1. The maximum Gasteiger partial charge on any atom is 0.255 e. The third-order valence-electron chi connectivity index (χ3n) is 4.51. The van der Waals surface area contributed by atoms with Crippen LogP contribution in [0, 0.1) is 6.92 Å². The van der Waals surface area contributed by atoms with Crippen LogP contribution in [0.25, 0.3) is 0 Å². The number of benzene rings is 3. The Morgan fingerprint density at radius 2 is 1.61 bits per heavy atom. The van der Waals surface area contributed by atoms with Crippen LogP contribution in [0.15, 0.2) is 71.2 Å². The van der Waals surface area contributed by atoms with Gasteiger partial charge < -0.3 is 14.8 Å². The van der Waals surface area contributed by atoms with Crippen molar-refractivity contribution in [3.05, 3.63) is 87.9 Å². The van der Waals surface area contributed by atoms with Gasteiger partial charge >= 0.3 is 0 Å². The number of carbonyl (C=O) groups excluding carboxylic acids is 1. The molecule has 1 unspecified atom stereocenters. The summed E-state index contributed by atoms with van der Waals surface area (Å²) < 4.78 is 12.0. The van der Waals surface area contributed by atoms with Crippen molar-refractivity contribution in [3.63, 3.8) is 0 Å². The number of para-hydroxylation sites is 1. The zero-order valence-electron chi connectivity index (χ0n) is 16.0. The Morgan fingerprint density at radius 1 is 0.964 bits per heavy atom. The molecule has 3 aromatic carbocycles. The van der Waals surface area contributed by atoms with Gasteiger partial charge in [-0.2, -0.15) is 0 Å². The first-order chi connectivity index (χ1) is 13.5. The number of nitrogens with one attached hydrogen (secondary N) is 1. The van der Waals surface area contributed by atoms with Crippen molar-refractivity contribution in [1.29, 1.82) is 0 Å². The Morgan fingerprint density at radius 3 is 2.25 bits per heavy atom. The van der Waals surface area contributed by atoms with E-state index >= 15 is 0 Å². The average molecular weight is 440 g/mol. The lowest BCUT2D eigenvalue weighted by atomic mass is 10.0. The van der Waals surface area contributed by atoms with Crippen LogP contribution < -0.4 is 14.8 Å². The highest BCUT2D eigenvalue weighted by Crippen LogP contribution is 2.29. The maximum absolute atomic E-state index is 12.9. The molecule has 5 heteroatoms. The van der Waals surface area contributed by atoms with E-state index in [1.54, 1.807) is 13.2 Å². The van der Waals surface area contributed by atoms with Gasteiger partial charge in [0.1, 0.15) is 17.2 Å². The Bertz CT molecular complexity index is 956. The van der Waals surface area contributed by atoms with E-state index in [-0.39, 0.29) is 11.9 Å². The number of carbonyl (C=O) groups is 1. The van der Waals surface area contributed by atoms with Gasteiger partial charge in [0.2, 0.25) is 0 Å². The molecule has 1 N–H and O–H groups in total. The highest BCUT2D eigenvalue weighted by atomic mass is 79.9. The Labute approximate surface area is 173 Å². The lowest BCUT2D eigenvalue weighted by Gasteiger charge is -2.18. The standard InChI is InChI=1S/C23H22BrNO3/c1-15-20(24)13-14-21(27-3)22(15)23(26)25-16(2)17-9-11-19(12-10-17)28-18-7-5-4-6-8-18/h4-14,16H,1-3H3,(H,25,26). The fourth-order valence-electron chi connectivity index (χ4n) is 2.92. The van der Waals surface area contributed by atoms with Crippen LogP contribution in [0.4, 0.5) is 0 Å². The molecule has 0 radical (unpaired) electrons. The number of amides is 1. The van der Waals surface area contributed by atoms with Crippen LogP contribution in [0.3, 0.4) is 0 Å². The Balaban J connectivity index is 1.72. The van der Waals surface area contributed by atoms with E-state index in [1.807, 2.05) is 74.5 Å². The summed E-state index contributed by atoms with van der Waals surface area (Å²) in [5.74, 6) is 1.91. The first-order valence-electron chi connectivity index (χ1n) is 8.96. The van der Waals surface area contributed by atoms with Gasteiger partial charge in [0, 0.05) is 4.47 Å². The summed E-state index contributed by atoms with van der Waals surface area (Å²) in [6.07, 6.45) is 0. The molecule has 28 heavy (non-hydrogen) atoms. The summed E-state index contributed by atoms with van der Waals surface area (Å²) >= 11 is 3.47. The van der Waals surface area contributed by atoms with Gasteiger partial charge in [0.05, 0.1) is 18.7 Å². The smallest absolute Gasteiger partial charge is 0.255 e. The van der Waals surface area contributed by atoms with Crippen molar-refractivity contribution < 1.29 is 14.3 Å². The first kappa shape index (κ1) is 20.0. The van der Waals surface area contributed by atoms with Crippen molar-refractivity contribution in [2.45, 2.75) is 19.9 Å². The molecule has 1 atom stereocenters. The fourth-order valence-corrected chi connectivity index (χ4v) is 3.25. The van der Waals surface area contributed by atoms with Gasteiger partial charge in [-0.3, -0.25) is 4.79 Å². The second-order valence-electron chi connectivity index (χ2n) is 6.43. The molecular weight excluding hydrogens is 418 g/mol. The van der Waals surface area contributed by atoms with E-state index in [4.69, 9.17) is 9.47 Å². The monoisotopic (exact) mass is 439 g/mol. The molecule has 1 amide bonds. The second kappa shape index (κ2) is 8.93. The molecule has 0 aliphatic rings. The summed E-state index contributed by atoms with van der Waals surface area (Å²) in [5.41, 5.74) is 2.36. The predicted octanol–water partition coefficient (Wildman–Crippen LogP) is 6.05. The van der Waals surface area contributed by atoms with Gasteiger partial charge in [0.15, 0.2) is 0 Å². The number of methoxy groups -OCH3 is 1. The molecular formula is C23H22BrNO3. The minimum Gasteiger partial charge on any atom is -0.496 e. The zero-order valence-corrected chi connectivity index (χ0v) is 17.6. The molecule has 0 aliphatic heterocycles. The largest absolute Gasteiger partial charge is 0.496 e. The molecule has 0 aliphatic carbocycles. The minimum absolute atomic E-state index is 0.165. The quantitative estimate of drug-likeness (QED) is 0.508. The van der Waals surface area contributed by atoms with Crippen LogP contribution in [0.5, 0.6) is 17.2 Å². The minimum atomic E-state index is -0.173. The van der Waals surface area contributed by atoms with Crippen LogP contribution in [0.1, 0.15) is 34.5 Å². The van der Waals surface area contributed by atoms with E-state index in [0.29, 0.717) is 11.3 Å². The summed E-state index contributed by atoms with van der Waals surface area (Å²) in [7, 11) is 1.56. The molecule has 3 rings (SSSR count). The van der Waals surface area contributed by atoms with E-state index in [0.717, 1.165) is 27.1 Å². The number of hydrogen-bond donors (Lipinski definition) is 1. The van der Waals surface area contributed by atoms with Gasteiger partial charge in [-0.25, -0.2) is 0 Å². The third kappa shape index (κ3) is 4.54. The average Bonchev–Trinajstić information content (AvgIpc) is 2.71. The van der Waals surface area contributed by atoms with Gasteiger partial charge in [0.25, 0.3) is 5.91 Å². The molecule has 0 aromatic heterocycles. The summed E-state index contributed by atoms with van der Waals surface area (Å²) in [6.45, 7) is 3.84. The highest BCUT2D eigenvalue weighted by Gasteiger charge is 2.19. The van der Waals surface area contributed by atoms with Gasteiger partial charge in [-0.1, -0.05) is 46.3 Å². The molecule has 0 heterocycles.